The van der Waals surface area contributed by atoms with Crippen LogP contribution in [0.3, 0.4) is 0 Å². The van der Waals surface area contributed by atoms with Gasteiger partial charge in [0.1, 0.15) is 0 Å². The number of hydrogen-bond donors (Lipinski definition) is 2. The number of nitrogens with one attached hydrogen (secondary N) is 2. The van der Waals surface area contributed by atoms with Crippen LogP contribution in [0.25, 0.3) is 0 Å². The van der Waals surface area contributed by atoms with Crippen molar-refractivity contribution in [2.24, 2.45) is 0 Å². The molecular formula is C20H19ClN4O2. The number of benzene rings is 2. The van der Waals surface area contributed by atoms with Crippen LogP contribution >= 0.6 is 11.6 Å². The second-order valence-electron chi connectivity index (χ2n) is 6.07. The Balaban J connectivity index is 1.85. The highest BCUT2D eigenvalue weighted by atomic mass is 35.5. The lowest BCUT2D eigenvalue weighted by molar-refractivity contribution is -0.114. The summed E-state index contributed by atoms with van der Waals surface area (Å²) < 4.78 is 1.90. The lowest BCUT2D eigenvalue weighted by Gasteiger charge is -2.20. The second kappa shape index (κ2) is 8.51. The SMILES string of the molecule is CC(=O)Nc1ccc(Cl)c(C(=O)N[C@@H](Cn2ccnc2)c2ccccc2)c1. The smallest absolute Gasteiger partial charge is 0.253 e. The van der Waals surface area contributed by atoms with Gasteiger partial charge in [0, 0.05) is 31.5 Å². The van der Waals surface area contributed by atoms with Gasteiger partial charge in [-0.15, -0.1) is 0 Å². The van der Waals surface area contributed by atoms with Crippen LogP contribution in [0.4, 0.5) is 5.69 Å². The lowest BCUT2D eigenvalue weighted by atomic mass is 10.1. The van der Waals surface area contributed by atoms with Gasteiger partial charge < -0.3 is 15.2 Å². The summed E-state index contributed by atoms with van der Waals surface area (Å²) in [5, 5.41) is 6.00. The van der Waals surface area contributed by atoms with Gasteiger partial charge >= 0.3 is 0 Å². The van der Waals surface area contributed by atoms with Gasteiger partial charge in [-0.1, -0.05) is 41.9 Å². The average molecular weight is 383 g/mol. The van der Waals surface area contributed by atoms with Crippen LogP contribution in [0.2, 0.25) is 5.02 Å². The van der Waals surface area contributed by atoms with Crippen molar-refractivity contribution < 1.29 is 9.59 Å². The Labute approximate surface area is 162 Å². The Bertz CT molecular complexity index is 926. The van der Waals surface area contributed by atoms with Crippen LogP contribution in [0.15, 0.2) is 67.3 Å². The van der Waals surface area contributed by atoms with Gasteiger partial charge in [0.2, 0.25) is 5.91 Å². The fourth-order valence-corrected chi connectivity index (χ4v) is 2.94. The zero-order chi connectivity index (χ0) is 19.2. The molecule has 0 aliphatic carbocycles. The maximum atomic E-state index is 12.9. The van der Waals surface area contributed by atoms with Crippen molar-refractivity contribution >= 4 is 29.1 Å². The van der Waals surface area contributed by atoms with Gasteiger partial charge in [-0.2, -0.15) is 0 Å². The first-order valence-corrected chi connectivity index (χ1v) is 8.79. The molecule has 1 aromatic heterocycles. The fraction of sp³-hybridized carbons (Fsp3) is 0.150. The molecule has 0 spiro atoms. The van der Waals surface area contributed by atoms with Gasteiger partial charge in [0.05, 0.1) is 23.0 Å². The van der Waals surface area contributed by atoms with Crippen molar-refractivity contribution in [3.63, 3.8) is 0 Å². The molecule has 27 heavy (non-hydrogen) atoms. The molecule has 0 bridgehead atoms. The molecule has 1 atom stereocenters. The number of halogens is 1. The Morgan fingerprint density at radius 2 is 1.96 bits per heavy atom. The van der Waals surface area contributed by atoms with Crippen molar-refractivity contribution in [2.45, 2.75) is 19.5 Å². The third-order valence-corrected chi connectivity index (χ3v) is 4.32. The number of amides is 2. The molecule has 0 unspecified atom stereocenters. The predicted octanol–water partition coefficient (Wildman–Crippen LogP) is 3.67. The van der Waals surface area contributed by atoms with Crippen LogP contribution in [-0.4, -0.2) is 21.4 Å². The van der Waals surface area contributed by atoms with Gasteiger partial charge in [-0.05, 0) is 23.8 Å². The minimum atomic E-state index is -0.318. The molecule has 0 aliphatic heterocycles. The summed E-state index contributed by atoms with van der Waals surface area (Å²) in [6.07, 6.45) is 5.23. The summed E-state index contributed by atoms with van der Waals surface area (Å²) >= 11 is 6.21. The molecule has 1 heterocycles. The van der Waals surface area contributed by atoms with Crippen LogP contribution in [0.1, 0.15) is 28.9 Å². The Morgan fingerprint density at radius 1 is 1.19 bits per heavy atom. The molecule has 0 saturated carbocycles. The van der Waals surface area contributed by atoms with Crippen molar-refractivity contribution in [2.75, 3.05) is 5.32 Å². The molecule has 0 radical (unpaired) electrons. The van der Waals surface area contributed by atoms with Crippen LogP contribution < -0.4 is 10.6 Å². The van der Waals surface area contributed by atoms with Crippen LogP contribution in [0.5, 0.6) is 0 Å². The van der Waals surface area contributed by atoms with Crippen LogP contribution in [0, 0.1) is 0 Å². The van der Waals surface area contributed by atoms with E-state index in [0.29, 0.717) is 22.8 Å². The molecule has 2 N–H and O–H groups in total. The normalized spacial score (nSPS) is 11.6. The first-order chi connectivity index (χ1) is 13.0. The summed E-state index contributed by atoms with van der Waals surface area (Å²) in [5.41, 5.74) is 1.78. The molecule has 0 aliphatic rings. The van der Waals surface area contributed by atoms with E-state index in [1.54, 1.807) is 30.7 Å². The largest absolute Gasteiger partial charge is 0.343 e. The lowest BCUT2D eigenvalue weighted by Crippen LogP contribution is -2.31. The van der Waals surface area contributed by atoms with E-state index < -0.39 is 0 Å². The molecule has 0 fully saturated rings. The number of nitrogens with zero attached hydrogens (tertiary/aromatic N) is 2. The van der Waals surface area contributed by atoms with Crippen molar-refractivity contribution in [1.82, 2.24) is 14.9 Å². The third kappa shape index (κ3) is 4.95. The topological polar surface area (TPSA) is 76.0 Å². The number of anilines is 1. The quantitative estimate of drug-likeness (QED) is 0.683. The van der Waals surface area contributed by atoms with E-state index >= 15 is 0 Å². The number of hydrogen-bond acceptors (Lipinski definition) is 3. The molecule has 0 saturated heterocycles. The van der Waals surface area contributed by atoms with E-state index in [4.69, 9.17) is 11.6 Å². The molecule has 138 valence electrons. The van der Waals surface area contributed by atoms with Gasteiger partial charge in [0.25, 0.3) is 5.91 Å². The summed E-state index contributed by atoms with van der Waals surface area (Å²) in [7, 11) is 0. The molecule has 6 nitrogen and oxygen atoms in total. The zero-order valence-corrected chi connectivity index (χ0v) is 15.5. The highest BCUT2D eigenvalue weighted by Crippen LogP contribution is 2.23. The Kier molecular flexibility index (Phi) is 5.88. The molecule has 2 amide bonds. The van der Waals surface area contributed by atoms with Gasteiger partial charge in [0.15, 0.2) is 0 Å². The molecule has 3 aromatic rings. The summed E-state index contributed by atoms with van der Waals surface area (Å²) in [6.45, 7) is 1.93. The highest BCUT2D eigenvalue weighted by molar-refractivity contribution is 6.34. The van der Waals surface area contributed by atoms with E-state index in [0.717, 1.165) is 5.56 Å². The third-order valence-electron chi connectivity index (χ3n) is 3.99. The second-order valence-corrected chi connectivity index (χ2v) is 6.48. The number of imidazole rings is 1. The molecular weight excluding hydrogens is 364 g/mol. The van der Waals surface area contributed by atoms with E-state index in [1.807, 2.05) is 41.1 Å². The maximum absolute atomic E-state index is 12.9. The van der Waals surface area contributed by atoms with Crippen molar-refractivity contribution in [3.05, 3.63) is 83.4 Å². The molecule has 7 heteroatoms. The minimum Gasteiger partial charge on any atom is -0.343 e. The van der Waals surface area contributed by atoms with E-state index in [2.05, 4.69) is 15.6 Å². The van der Waals surface area contributed by atoms with E-state index in [1.165, 1.54) is 6.92 Å². The van der Waals surface area contributed by atoms with Gasteiger partial charge in [-0.25, -0.2) is 4.98 Å². The zero-order valence-electron chi connectivity index (χ0n) is 14.7. The molecule has 3 rings (SSSR count). The minimum absolute atomic E-state index is 0.217. The standard InChI is InChI=1S/C20H19ClN4O2/c1-14(26)23-16-7-8-18(21)17(11-16)20(27)24-19(12-25-10-9-22-13-25)15-5-3-2-4-6-15/h2-11,13,19H,12H2,1H3,(H,23,26)(H,24,27)/t19-/m0/s1. The predicted molar refractivity (Wildman–Crippen MR) is 105 cm³/mol. The monoisotopic (exact) mass is 382 g/mol. The van der Waals surface area contributed by atoms with Crippen molar-refractivity contribution in [3.8, 4) is 0 Å². The van der Waals surface area contributed by atoms with E-state index in [9.17, 15) is 9.59 Å². The average Bonchev–Trinajstić information content (AvgIpc) is 3.16. The van der Waals surface area contributed by atoms with Gasteiger partial charge in [-0.3, -0.25) is 9.59 Å². The summed E-state index contributed by atoms with van der Waals surface area (Å²) in [5.74, 6) is -0.535. The first-order valence-electron chi connectivity index (χ1n) is 8.41. The summed E-state index contributed by atoms with van der Waals surface area (Å²) in [6, 6.07) is 14.2. The van der Waals surface area contributed by atoms with Crippen molar-refractivity contribution in [1.29, 1.82) is 0 Å². The molecule has 2 aromatic carbocycles. The number of carbonyl (C=O) groups excluding carboxylic acids is 2. The Morgan fingerprint density at radius 3 is 2.63 bits per heavy atom. The maximum Gasteiger partial charge on any atom is 0.253 e. The highest BCUT2D eigenvalue weighted by Gasteiger charge is 2.18. The summed E-state index contributed by atoms with van der Waals surface area (Å²) in [4.78, 5) is 28.2. The number of rotatable bonds is 6. The first kappa shape index (κ1) is 18.7. The van der Waals surface area contributed by atoms with E-state index in [-0.39, 0.29) is 17.9 Å². The Hall–Kier alpha value is -3.12. The number of aromatic nitrogens is 2. The fourth-order valence-electron chi connectivity index (χ4n) is 2.74. The van der Waals surface area contributed by atoms with Crippen LogP contribution in [-0.2, 0) is 11.3 Å². The number of carbonyl (C=O) groups is 2.